The third kappa shape index (κ3) is 2.32. The molecule has 4 rings (SSSR count). The molecular weight excluding hydrogens is 332 g/mol. The Morgan fingerprint density at radius 1 is 1.08 bits per heavy atom. The van der Waals surface area contributed by atoms with Crippen molar-refractivity contribution in [2.75, 3.05) is 6.54 Å². The summed E-state index contributed by atoms with van der Waals surface area (Å²) in [6.07, 6.45) is 0. The van der Waals surface area contributed by atoms with Crippen LogP contribution in [0.25, 0.3) is 16.6 Å². The van der Waals surface area contributed by atoms with E-state index >= 15 is 0 Å². The van der Waals surface area contributed by atoms with Gasteiger partial charge in [-0.15, -0.1) is 0 Å². The number of aromatic amines is 1. The highest BCUT2D eigenvalue weighted by Crippen LogP contribution is 2.25. The lowest BCUT2D eigenvalue weighted by Crippen LogP contribution is -2.32. The number of para-hydroxylation sites is 2. The lowest BCUT2D eigenvalue weighted by Gasteiger charge is -2.13. The van der Waals surface area contributed by atoms with Gasteiger partial charge in [0.25, 0.3) is 11.8 Å². The number of benzene rings is 2. The van der Waals surface area contributed by atoms with E-state index in [2.05, 4.69) is 9.97 Å². The number of imidazole rings is 1. The van der Waals surface area contributed by atoms with E-state index in [4.69, 9.17) is 0 Å². The number of imide groups is 1. The monoisotopic (exact) mass is 344 g/mol. The van der Waals surface area contributed by atoms with Gasteiger partial charge in [0.1, 0.15) is 17.4 Å². The van der Waals surface area contributed by atoms with Gasteiger partial charge in [0, 0.05) is 0 Å². The topological polar surface area (TPSA) is 110 Å². The molecule has 0 fully saturated rings. The molecule has 0 atom stereocenters. The smallest absolute Gasteiger partial charge is 0.261 e. The van der Waals surface area contributed by atoms with Gasteiger partial charge in [-0.3, -0.25) is 14.5 Å². The van der Waals surface area contributed by atoms with Gasteiger partial charge in [0.15, 0.2) is 5.82 Å². The number of hydrogen-bond acceptors (Lipinski definition) is 5. The number of H-pyrrole nitrogens is 1. The minimum atomic E-state index is -0.501. The van der Waals surface area contributed by atoms with Crippen LogP contribution >= 0.6 is 0 Å². The average molecular weight is 344 g/mol. The zero-order valence-corrected chi connectivity index (χ0v) is 13.4. The number of carbonyl (C=O) groups excluding carboxylic acids is 2. The molecule has 26 heavy (non-hydrogen) atoms. The molecule has 0 unspecified atom stereocenters. The largest absolute Gasteiger partial charge is 0.509 e. The van der Waals surface area contributed by atoms with Gasteiger partial charge in [-0.05, 0) is 24.3 Å². The van der Waals surface area contributed by atoms with Crippen LogP contribution in [0, 0.1) is 11.3 Å². The summed E-state index contributed by atoms with van der Waals surface area (Å²) in [5.41, 5.74) is 1.81. The Kier molecular flexibility index (Phi) is 3.52. The van der Waals surface area contributed by atoms with Gasteiger partial charge in [-0.1, -0.05) is 24.3 Å². The number of nitriles is 1. The number of allylic oxidation sites excluding steroid dienone is 1. The number of aliphatic hydroxyl groups is 1. The van der Waals surface area contributed by atoms with Crippen LogP contribution in [0.1, 0.15) is 26.5 Å². The molecule has 0 bridgehead atoms. The fourth-order valence-electron chi connectivity index (χ4n) is 2.94. The van der Waals surface area contributed by atoms with Crippen molar-refractivity contribution in [1.29, 1.82) is 5.26 Å². The van der Waals surface area contributed by atoms with Gasteiger partial charge in [-0.2, -0.15) is 5.26 Å². The fraction of sp³-hybridized carbons (Fsp3) is 0.0526. The molecule has 2 N–H and O–H groups in total. The normalized spacial score (nSPS) is 14.3. The summed E-state index contributed by atoms with van der Waals surface area (Å²) in [6, 6.07) is 15.5. The highest BCUT2D eigenvalue weighted by molar-refractivity contribution is 6.21. The second-order valence-electron chi connectivity index (χ2n) is 5.78. The molecule has 0 radical (unpaired) electrons. The molecule has 1 aliphatic rings. The van der Waals surface area contributed by atoms with Crippen molar-refractivity contribution in [3.8, 4) is 6.07 Å². The number of amides is 2. The quantitative estimate of drug-likeness (QED) is 0.431. The third-order valence-electron chi connectivity index (χ3n) is 4.21. The molecule has 0 saturated heterocycles. The Hall–Kier alpha value is -3.92. The van der Waals surface area contributed by atoms with Crippen LogP contribution in [0.15, 0.2) is 54.3 Å². The van der Waals surface area contributed by atoms with Crippen LogP contribution in [0.4, 0.5) is 0 Å². The third-order valence-corrected chi connectivity index (χ3v) is 4.21. The van der Waals surface area contributed by atoms with E-state index in [0.717, 1.165) is 4.90 Å². The van der Waals surface area contributed by atoms with Crippen LogP contribution in [0.3, 0.4) is 0 Å². The highest BCUT2D eigenvalue weighted by atomic mass is 16.3. The van der Waals surface area contributed by atoms with E-state index in [1.807, 2.05) is 12.1 Å². The van der Waals surface area contributed by atoms with Gasteiger partial charge >= 0.3 is 0 Å². The molecule has 0 aliphatic carbocycles. The van der Waals surface area contributed by atoms with Crippen LogP contribution in [0.5, 0.6) is 0 Å². The summed E-state index contributed by atoms with van der Waals surface area (Å²) in [6.45, 7) is -0.397. The van der Waals surface area contributed by atoms with Crippen molar-refractivity contribution >= 4 is 28.4 Å². The average Bonchev–Trinajstić information content (AvgIpc) is 3.18. The number of hydrogen-bond donors (Lipinski definition) is 2. The number of rotatable bonds is 3. The zero-order chi connectivity index (χ0) is 18.3. The van der Waals surface area contributed by atoms with Crippen molar-refractivity contribution in [2.24, 2.45) is 0 Å². The maximum atomic E-state index is 12.4. The summed E-state index contributed by atoms with van der Waals surface area (Å²) in [5.74, 6) is -1.22. The Balaban J connectivity index is 1.70. The first-order valence-electron chi connectivity index (χ1n) is 7.82. The molecule has 7 heteroatoms. The van der Waals surface area contributed by atoms with Gasteiger partial charge in [0.2, 0.25) is 0 Å². The maximum Gasteiger partial charge on any atom is 0.261 e. The SMILES string of the molecule is N#C/C(=C(\O)CN1C(=O)c2ccccc2C1=O)c1nc2ccccc2[nH]1. The van der Waals surface area contributed by atoms with E-state index in [-0.39, 0.29) is 22.5 Å². The Labute approximate surface area is 147 Å². The lowest BCUT2D eigenvalue weighted by atomic mass is 10.1. The van der Waals surface area contributed by atoms with Gasteiger partial charge in [0.05, 0.1) is 28.7 Å². The number of aromatic nitrogens is 2. The van der Waals surface area contributed by atoms with Crippen LogP contribution < -0.4 is 0 Å². The molecular formula is C19H12N4O3. The number of aliphatic hydroxyl groups excluding tert-OH is 1. The summed E-state index contributed by atoms with van der Waals surface area (Å²) in [7, 11) is 0. The fourth-order valence-corrected chi connectivity index (χ4v) is 2.94. The molecule has 7 nitrogen and oxygen atoms in total. The van der Waals surface area contributed by atoms with Gasteiger partial charge < -0.3 is 10.1 Å². The summed E-state index contributed by atoms with van der Waals surface area (Å²) in [4.78, 5) is 32.9. The van der Waals surface area contributed by atoms with E-state index in [0.29, 0.717) is 11.0 Å². The summed E-state index contributed by atoms with van der Waals surface area (Å²) >= 11 is 0. The van der Waals surface area contributed by atoms with E-state index in [1.54, 1.807) is 42.5 Å². The predicted octanol–water partition coefficient (Wildman–Crippen LogP) is 2.65. The zero-order valence-electron chi connectivity index (χ0n) is 13.4. The Bertz CT molecular complexity index is 1070. The first-order chi connectivity index (χ1) is 12.6. The van der Waals surface area contributed by atoms with Crippen molar-refractivity contribution in [2.45, 2.75) is 0 Å². The maximum absolute atomic E-state index is 12.4. The number of nitrogens with one attached hydrogen (secondary N) is 1. The van der Waals surface area contributed by atoms with E-state index in [1.165, 1.54) is 0 Å². The summed E-state index contributed by atoms with van der Waals surface area (Å²) < 4.78 is 0. The summed E-state index contributed by atoms with van der Waals surface area (Å²) in [5, 5.41) is 19.9. The number of fused-ring (bicyclic) bond motifs is 2. The number of nitrogens with zero attached hydrogens (tertiary/aromatic N) is 3. The van der Waals surface area contributed by atoms with Crippen LogP contribution in [-0.2, 0) is 0 Å². The molecule has 2 aromatic carbocycles. The highest BCUT2D eigenvalue weighted by Gasteiger charge is 2.36. The van der Waals surface area contributed by atoms with Crippen LogP contribution in [0.2, 0.25) is 0 Å². The van der Waals surface area contributed by atoms with Crippen molar-refractivity contribution in [1.82, 2.24) is 14.9 Å². The van der Waals surface area contributed by atoms with Crippen molar-refractivity contribution in [3.63, 3.8) is 0 Å². The minimum Gasteiger partial charge on any atom is -0.509 e. The van der Waals surface area contributed by atoms with E-state index < -0.39 is 24.1 Å². The molecule has 2 heterocycles. The van der Waals surface area contributed by atoms with Crippen molar-refractivity contribution < 1.29 is 14.7 Å². The molecule has 126 valence electrons. The molecule has 0 spiro atoms. The molecule has 0 saturated carbocycles. The second-order valence-corrected chi connectivity index (χ2v) is 5.78. The van der Waals surface area contributed by atoms with Crippen LogP contribution in [-0.4, -0.2) is 38.3 Å². The first kappa shape index (κ1) is 15.6. The molecule has 1 aromatic heterocycles. The molecule has 2 amide bonds. The van der Waals surface area contributed by atoms with Crippen molar-refractivity contribution in [3.05, 3.63) is 71.2 Å². The predicted molar refractivity (Wildman–Crippen MR) is 93.1 cm³/mol. The number of carbonyl (C=O) groups is 2. The van der Waals surface area contributed by atoms with Gasteiger partial charge in [-0.25, -0.2) is 4.98 Å². The second kappa shape index (κ2) is 5.86. The lowest BCUT2D eigenvalue weighted by molar-refractivity contribution is 0.0652. The first-order valence-corrected chi connectivity index (χ1v) is 7.82. The molecule has 3 aromatic rings. The molecule has 1 aliphatic heterocycles. The Morgan fingerprint density at radius 3 is 2.31 bits per heavy atom. The minimum absolute atomic E-state index is 0.113. The van der Waals surface area contributed by atoms with E-state index in [9.17, 15) is 20.0 Å². The standard InChI is InChI=1S/C19H12N4O3/c20-9-13(17-21-14-7-3-4-8-15(14)22-17)16(24)10-23-18(25)11-5-1-2-6-12(11)19(23)26/h1-8,24H,10H2,(H,21,22)/b16-13+. The Morgan fingerprint density at radius 2 is 1.69 bits per heavy atom.